The molecular formula is C14H23N3O2S. The van der Waals surface area contributed by atoms with E-state index in [4.69, 9.17) is 0 Å². The van der Waals surface area contributed by atoms with Crippen molar-refractivity contribution in [3.8, 4) is 0 Å². The Labute approximate surface area is 124 Å². The summed E-state index contributed by atoms with van der Waals surface area (Å²) in [6.07, 6.45) is 0.335. The molecule has 0 fully saturated rings. The molecule has 0 saturated heterocycles. The lowest BCUT2D eigenvalue weighted by Crippen LogP contribution is -2.38. The van der Waals surface area contributed by atoms with E-state index in [0.717, 1.165) is 12.5 Å². The Morgan fingerprint density at radius 1 is 1.50 bits per heavy atom. The molecule has 20 heavy (non-hydrogen) atoms. The lowest BCUT2D eigenvalue weighted by atomic mass is 10.1. The fraction of sp³-hybridized carbons (Fsp3) is 0.571. The van der Waals surface area contributed by atoms with Crippen molar-refractivity contribution < 1.29 is 9.53 Å². The molecule has 0 aromatic carbocycles. The number of ether oxygens (including phenoxy) is 1. The van der Waals surface area contributed by atoms with E-state index in [1.807, 2.05) is 6.92 Å². The average molecular weight is 297 g/mol. The van der Waals surface area contributed by atoms with E-state index in [1.54, 1.807) is 11.3 Å². The van der Waals surface area contributed by atoms with Crippen LogP contribution in [0.25, 0.3) is 0 Å². The second kappa shape index (κ2) is 9.36. The van der Waals surface area contributed by atoms with Crippen LogP contribution in [-0.4, -0.2) is 38.7 Å². The lowest BCUT2D eigenvalue weighted by Gasteiger charge is -2.12. The van der Waals surface area contributed by atoms with Crippen LogP contribution in [0.2, 0.25) is 0 Å². The van der Waals surface area contributed by atoms with Crippen molar-refractivity contribution in [1.29, 1.82) is 0 Å². The van der Waals surface area contributed by atoms with Gasteiger partial charge < -0.3 is 15.4 Å². The highest BCUT2D eigenvalue weighted by atomic mass is 32.1. The Morgan fingerprint density at radius 2 is 2.30 bits per heavy atom. The molecule has 0 aliphatic rings. The number of guanidine groups is 1. The molecule has 0 saturated carbocycles. The zero-order valence-electron chi connectivity index (χ0n) is 12.3. The van der Waals surface area contributed by atoms with Crippen molar-refractivity contribution >= 4 is 23.3 Å². The molecule has 2 N–H and O–H groups in total. The van der Waals surface area contributed by atoms with Gasteiger partial charge in [0, 0.05) is 23.9 Å². The zero-order chi connectivity index (χ0) is 14.8. The van der Waals surface area contributed by atoms with Crippen LogP contribution < -0.4 is 10.6 Å². The van der Waals surface area contributed by atoms with E-state index >= 15 is 0 Å². The maximum absolute atomic E-state index is 11.1. The summed E-state index contributed by atoms with van der Waals surface area (Å²) in [4.78, 5) is 16.9. The van der Waals surface area contributed by atoms with E-state index in [2.05, 4.69) is 44.8 Å². The predicted molar refractivity (Wildman–Crippen MR) is 83.3 cm³/mol. The van der Waals surface area contributed by atoms with Crippen molar-refractivity contribution in [1.82, 2.24) is 10.6 Å². The molecule has 1 aromatic heterocycles. The van der Waals surface area contributed by atoms with Gasteiger partial charge in [0.15, 0.2) is 5.96 Å². The first kappa shape index (κ1) is 16.5. The van der Waals surface area contributed by atoms with Crippen LogP contribution in [0.5, 0.6) is 0 Å². The first-order valence-corrected chi connectivity index (χ1v) is 7.67. The van der Waals surface area contributed by atoms with E-state index in [-0.39, 0.29) is 5.97 Å². The molecule has 1 atom stereocenters. The second-order valence-corrected chi connectivity index (χ2v) is 5.37. The monoisotopic (exact) mass is 297 g/mol. The largest absolute Gasteiger partial charge is 0.469 e. The lowest BCUT2D eigenvalue weighted by molar-refractivity contribution is -0.140. The number of hydrogen-bond donors (Lipinski definition) is 2. The minimum Gasteiger partial charge on any atom is -0.469 e. The van der Waals surface area contributed by atoms with Crippen molar-refractivity contribution in [2.24, 2.45) is 4.99 Å². The van der Waals surface area contributed by atoms with Crippen LogP contribution in [0.15, 0.2) is 22.5 Å². The number of carbonyl (C=O) groups is 1. The van der Waals surface area contributed by atoms with Gasteiger partial charge >= 0.3 is 5.97 Å². The Morgan fingerprint density at radius 3 is 2.90 bits per heavy atom. The molecule has 1 rings (SSSR count). The molecule has 0 aliphatic carbocycles. The normalized spacial score (nSPS) is 12.8. The standard InChI is InChI=1S/C14H23N3O2S/c1-4-15-14(16-8-7-13(18)19-3)17-10-11(2)12-6-5-9-20-12/h5-6,9,11H,4,7-8,10H2,1-3H3,(H2,15,16,17). The van der Waals surface area contributed by atoms with Gasteiger partial charge in [0.2, 0.25) is 0 Å². The number of rotatable bonds is 7. The fourth-order valence-electron chi connectivity index (χ4n) is 1.62. The maximum Gasteiger partial charge on any atom is 0.307 e. The maximum atomic E-state index is 11.1. The summed E-state index contributed by atoms with van der Waals surface area (Å²) in [7, 11) is 1.39. The molecule has 0 radical (unpaired) electrons. The third-order valence-corrected chi connectivity index (χ3v) is 3.85. The first-order chi connectivity index (χ1) is 9.67. The molecule has 112 valence electrons. The van der Waals surface area contributed by atoms with Crippen molar-refractivity contribution in [2.45, 2.75) is 26.2 Å². The number of aliphatic imine (C=N–C) groups is 1. The smallest absolute Gasteiger partial charge is 0.307 e. The van der Waals surface area contributed by atoms with Gasteiger partial charge in [-0.25, -0.2) is 0 Å². The quantitative estimate of drug-likeness (QED) is 0.459. The van der Waals surface area contributed by atoms with E-state index in [9.17, 15) is 4.79 Å². The number of thiophene rings is 1. The topological polar surface area (TPSA) is 62.7 Å². The number of methoxy groups -OCH3 is 1. The van der Waals surface area contributed by atoms with Crippen molar-refractivity contribution in [3.63, 3.8) is 0 Å². The highest BCUT2D eigenvalue weighted by Gasteiger charge is 2.07. The predicted octanol–water partition coefficient (Wildman–Crippen LogP) is 1.97. The fourth-order valence-corrected chi connectivity index (χ4v) is 2.39. The molecule has 0 spiro atoms. The summed E-state index contributed by atoms with van der Waals surface area (Å²) in [6.45, 7) is 6.20. The van der Waals surface area contributed by atoms with Crippen LogP contribution >= 0.6 is 11.3 Å². The van der Waals surface area contributed by atoms with E-state index in [0.29, 0.717) is 25.4 Å². The van der Waals surface area contributed by atoms with E-state index < -0.39 is 0 Å². The third-order valence-electron chi connectivity index (χ3n) is 2.75. The first-order valence-electron chi connectivity index (χ1n) is 6.79. The van der Waals surface area contributed by atoms with Crippen LogP contribution in [0.4, 0.5) is 0 Å². The van der Waals surface area contributed by atoms with Gasteiger partial charge in [0.1, 0.15) is 0 Å². The van der Waals surface area contributed by atoms with Crippen LogP contribution in [0, 0.1) is 0 Å². The molecule has 5 nitrogen and oxygen atoms in total. The summed E-state index contributed by atoms with van der Waals surface area (Å²) < 4.78 is 4.60. The van der Waals surface area contributed by atoms with Gasteiger partial charge in [-0.3, -0.25) is 9.79 Å². The van der Waals surface area contributed by atoms with Gasteiger partial charge in [-0.15, -0.1) is 11.3 Å². The molecule has 6 heteroatoms. The van der Waals surface area contributed by atoms with Crippen molar-refractivity contribution in [3.05, 3.63) is 22.4 Å². The molecule has 0 amide bonds. The summed E-state index contributed by atoms with van der Waals surface area (Å²) >= 11 is 1.75. The SMILES string of the molecule is CCNC(=NCC(C)c1cccs1)NCCC(=O)OC. The highest BCUT2D eigenvalue weighted by molar-refractivity contribution is 7.10. The minimum atomic E-state index is -0.222. The Hall–Kier alpha value is -1.56. The van der Waals surface area contributed by atoms with Gasteiger partial charge in [-0.1, -0.05) is 13.0 Å². The van der Waals surface area contributed by atoms with Crippen LogP contribution in [0.3, 0.4) is 0 Å². The third kappa shape index (κ3) is 6.06. The number of nitrogens with zero attached hydrogens (tertiary/aromatic N) is 1. The molecule has 1 unspecified atom stereocenters. The zero-order valence-corrected chi connectivity index (χ0v) is 13.1. The highest BCUT2D eigenvalue weighted by Crippen LogP contribution is 2.20. The summed E-state index contributed by atoms with van der Waals surface area (Å²) in [5.41, 5.74) is 0. The molecular weight excluding hydrogens is 274 g/mol. The van der Waals surface area contributed by atoms with Crippen LogP contribution in [0.1, 0.15) is 31.1 Å². The number of hydrogen-bond acceptors (Lipinski definition) is 4. The molecule has 1 heterocycles. The van der Waals surface area contributed by atoms with Crippen LogP contribution in [-0.2, 0) is 9.53 Å². The van der Waals surface area contributed by atoms with Gasteiger partial charge in [0.05, 0.1) is 20.1 Å². The Kier molecular flexibility index (Phi) is 7.72. The number of nitrogens with one attached hydrogen (secondary N) is 2. The number of esters is 1. The Bertz CT molecular complexity index is 418. The van der Waals surface area contributed by atoms with Gasteiger partial charge in [-0.05, 0) is 18.4 Å². The van der Waals surface area contributed by atoms with Gasteiger partial charge in [-0.2, -0.15) is 0 Å². The van der Waals surface area contributed by atoms with E-state index in [1.165, 1.54) is 12.0 Å². The molecule has 0 bridgehead atoms. The average Bonchev–Trinajstić information content (AvgIpc) is 2.98. The number of carbonyl (C=O) groups excluding carboxylic acids is 1. The molecule has 0 aliphatic heterocycles. The van der Waals surface area contributed by atoms with Gasteiger partial charge in [0.25, 0.3) is 0 Å². The summed E-state index contributed by atoms with van der Waals surface area (Å²) in [5.74, 6) is 0.908. The summed E-state index contributed by atoms with van der Waals surface area (Å²) in [5, 5.41) is 8.37. The second-order valence-electron chi connectivity index (χ2n) is 4.39. The minimum absolute atomic E-state index is 0.222. The Balaban J connectivity index is 2.43. The summed E-state index contributed by atoms with van der Waals surface area (Å²) in [6, 6.07) is 4.18. The molecule has 1 aromatic rings. The van der Waals surface area contributed by atoms with Crippen molar-refractivity contribution in [2.75, 3.05) is 26.7 Å².